The lowest BCUT2D eigenvalue weighted by molar-refractivity contribution is -0.145. The summed E-state index contributed by atoms with van der Waals surface area (Å²) in [5, 5.41) is 5.70. The molecule has 0 aliphatic carbocycles. The molecule has 0 saturated carbocycles. The topological polar surface area (TPSA) is 104 Å². The highest BCUT2D eigenvalue weighted by molar-refractivity contribution is 5.74. The third-order valence-corrected chi connectivity index (χ3v) is 4.58. The van der Waals surface area contributed by atoms with Crippen LogP contribution in [0.5, 0.6) is 23.0 Å². The van der Waals surface area contributed by atoms with Crippen LogP contribution in [0.15, 0.2) is 36.4 Å². The molecule has 3 rings (SSSR count). The van der Waals surface area contributed by atoms with Crippen LogP contribution >= 0.6 is 0 Å². The van der Waals surface area contributed by atoms with Crippen LogP contribution in [0.4, 0.5) is 4.79 Å². The Hall–Kier alpha value is -3.62. The molecule has 0 fully saturated rings. The zero-order valence-electron chi connectivity index (χ0n) is 17.7. The van der Waals surface area contributed by atoms with Gasteiger partial charge in [-0.25, -0.2) is 9.59 Å². The Morgan fingerprint density at radius 1 is 1.10 bits per heavy atom. The first-order valence-corrected chi connectivity index (χ1v) is 9.89. The largest absolute Gasteiger partial charge is 0.493 e. The molecule has 1 heterocycles. The molecule has 2 aromatic carbocycles. The summed E-state index contributed by atoms with van der Waals surface area (Å²) in [6.45, 7) is 4.22. The molecule has 0 saturated heterocycles. The van der Waals surface area contributed by atoms with Crippen molar-refractivity contribution in [3.05, 3.63) is 47.5 Å². The summed E-state index contributed by atoms with van der Waals surface area (Å²) in [5.74, 6) is 1.79. The van der Waals surface area contributed by atoms with Crippen molar-refractivity contribution < 1.29 is 33.3 Å². The number of amides is 2. The SMILES string of the molecule is CCOC(=O)COc1ccc([C@H](C)NC(=O)NCc2ccc3c(c2)OCO3)cc1OC. The van der Waals surface area contributed by atoms with Crippen LogP contribution in [0.3, 0.4) is 0 Å². The Bertz CT molecular complexity index is 932. The Morgan fingerprint density at radius 2 is 1.90 bits per heavy atom. The highest BCUT2D eigenvalue weighted by Crippen LogP contribution is 2.32. The first kappa shape index (κ1) is 22.1. The number of urea groups is 1. The van der Waals surface area contributed by atoms with Gasteiger partial charge in [-0.1, -0.05) is 12.1 Å². The van der Waals surface area contributed by atoms with E-state index < -0.39 is 5.97 Å². The Labute approximate surface area is 180 Å². The molecule has 2 N–H and O–H groups in total. The summed E-state index contributed by atoms with van der Waals surface area (Å²) in [6, 6.07) is 10.2. The number of benzene rings is 2. The van der Waals surface area contributed by atoms with E-state index in [9.17, 15) is 9.59 Å². The van der Waals surface area contributed by atoms with Crippen molar-refractivity contribution in [2.45, 2.75) is 26.4 Å². The number of esters is 1. The maximum absolute atomic E-state index is 12.3. The number of carbonyl (C=O) groups is 2. The molecule has 166 valence electrons. The Morgan fingerprint density at radius 3 is 2.68 bits per heavy atom. The number of fused-ring (bicyclic) bond motifs is 1. The van der Waals surface area contributed by atoms with Gasteiger partial charge in [0.05, 0.1) is 19.8 Å². The minimum absolute atomic E-state index is 0.209. The first-order chi connectivity index (χ1) is 15.0. The van der Waals surface area contributed by atoms with Gasteiger partial charge in [0.15, 0.2) is 29.6 Å². The predicted molar refractivity (Wildman–Crippen MR) is 111 cm³/mol. The molecule has 31 heavy (non-hydrogen) atoms. The average molecular weight is 430 g/mol. The van der Waals surface area contributed by atoms with E-state index in [4.69, 9.17) is 23.7 Å². The molecule has 0 spiro atoms. The van der Waals surface area contributed by atoms with Gasteiger partial charge in [0.2, 0.25) is 6.79 Å². The van der Waals surface area contributed by atoms with E-state index in [0.29, 0.717) is 29.5 Å². The lowest BCUT2D eigenvalue weighted by Crippen LogP contribution is -2.36. The maximum Gasteiger partial charge on any atom is 0.344 e. The Kier molecular flexibility index (Phi) is 7.42. The zero-order valence-corrected chi connectivity index (χ0v) is 17.7. The van der Waals surface area contributed by atoms with Gasteiger partial charge in [-0.2, -0.15) is 0 Å². The highest BCUT2D eigenvalue weighted by atomic mass is 16.7. The van der Waals surface area contributed by atoms with E-state index >= 15 is 0 Å². The molecule has 1 atom stereocenters. The van der Waals surface area contributed by atoms with Crippen LogP contribution in [-0.2, 0) is 16.1 Å². The maximum atomic E-state index is 12.3. The van der Waals surface area contributed by atoms with Gasteiger partial charge >= 0.3 is 12.0 Å². The van der Waals surface area contributed by atoms with Crippen LogP contribution in [-0.4, -0.2) is 39.1 Å². The fourth-order valence-electron chi connectivity index (χ4n) is 2.98. The molecule has 9 nitrogen and oxygen atoms in total. The quantitative estimate of drug-likeness (QED) is 0.590. The smallest absolute Gasteiger partial charge is 0.344 e. The fourth-order valence-corrected chi connectivity index (χ4v) is 2.98. The molecule has 0 aromatic heterocycles. The molecule has 0 radical (unpaired) electrons. The molecule has 2 aromatic rings. The number of carbonyl (C=O) groups excluding carboxylic acids is 2. The molecule has 0 bridgehead atoms. The lowest BCUT2D eigenvalue weighted by atomic mass is 10.1. The molecular formula is C22H26N2O7. The molecule has 2 amide bonds. The first-order valence-electron chi connectivity index (χ1n) is 9.89. The normalized spacial score (nSPS) is 12.6. The van der Waals surface area contributed by atoms with Gasteiger partial charge in [0.1, 0.15) is 0 Å². The van der Waals surface area contributed by atoms with Crippen LogP contribution in [0.2, 0.25) is 0 Å². The van der Waals surface area contributed by atoms with Gasteiger partial charge in [-0.15, -0.1) is 0 Å². The number of hydrogen-bond donors (Lipinski definition) is 2. The van der Waals surface area contributed by atoms with Crippen LogP contribution in [0, 0.1) is 0 Å². The van der Waals surface area contributed by atoms with Crippen molar-refractivity contribution >= 4 is 12.0 Å². The van der Waals surface area contributed by atoms with E-state index in [2.05, 4.69) is 10.6 Å². The summed E-state index contributed by atoms with van der Waals surface area (Å²) in [7, 11) is 1.51. The van der Waals surface area contributed by atoms with Gasteiger partial charge < -0.3 is 34.3 Å². The molecular weight excluding hydrogens is 404 g/mol. The highest BCUT2D eigenvalue weighted by Gasteiger charge is 2.16. The fraction of sp³-hybridized carbons (Fsp3) is 0.364. The number of ether oxygens (including phenoxy) is 5. The minimum atomic E-state index is -0.456. The van der Waals surface area contributed by atoms with E-state index in [1.165, 1.54) is 7.11 Å². The predicted octanol–water partition coefficient (Wildman–Crippen LogP) is 2.93. The van der Waals surface area contributed by atoms with Gasteiger partial charge in [-0.3, -0.25) is 0 Å². The minimum Gasteiger partial charge on any atom is -0.493 e. The molecule has 0 unspecified atom stereocenters. The van der Waals surface area contributed by atoms with Crippen molar-refractivity contribution in [1.29, 1.82) is 0 Å². The van der Waals surface area contributed by atoms with E-state index in [0.717, 1.165) is 11.1 Å². The van der Waals surface area contributed by atoms with Crippen LogP contribution in [0.1, 0.15) is 31.0 Å². The summed E-state index contributed by atoms with van der Waals surface area (Å²) in [6.07, 6.45) is 0. The summed E-state index contributed by atoms with van der Waals surface area (Å²) < 4.78 is 26.3. The monoisotopic (exact) mass is 430 g/mol. The average Bonchev–Trinajstić information content (AvgIpc) is 3.24. The summed E-state index contributed by atoms with van der Waals surface area (Å²) in [4.78, 5) is 23.8. The van der Waals surface area contributed by atoms with Crippen LogP contribution in [0.25, 0.3) is 0 Å². The number of rotatable bonds is 9. The third-order valence-electron chi connectivity index (χ3n) is 4.58. The van der Waals surface area contributed by atoms with Crippen molar-refractivity contribution in [3.63, 3.8) is 0 Å². The van der Waals surface area contributed by atoms with Crippen molar-refractivity contribution in [2.24, 2.45) is 0 Å². The second kappa shape index (κ2) is 10.4. The summed E-state index contributed by atoms with van der Waals surface area (Å²) >= 11 is 0. The van der Waals surface area contributed by atoms with Crippen LogP contribution < -0.4 is 29.6 Å². The van der Waals surface area contributed by atoms with E-state index in [1.54, 1.807) is 25.1 Å². The molecule has 9 heteroatoms. The van der Waals surface area contributed by atoms with Crippen molar-refractivity contribution in [1.82, 2.24) is 10.6 Å². The number of methoxy groups -OCH3 is 1. The van der Waals surface area contributed by atoms with Crippen molar-refractivity contribution in [3.8, 4) is 23.0 Å². The Balaban J connectivity index is 1.53. The summed E-state index contributed by atoms with van der Waals surface area (Å²) in [5.41, 5.74) is 1.72. The standard InChI is InChI=1S/C22H26N2O7/c1-4-28-21(25)12-29-17-8-6-16(10-19(17)27-3)14(2)24-22(26)23-11-15-5-7-18-20(9-15)31-13-30-18/h5-10,14H,4,11-13H2,1-3H3,(H2,23,24,26)/t14-/m0/s1. The van der Waals surface area contributed by atoms with Gasteiger partial charge in [0, 0.05) is 6.54 Å². The van der Waals surface area contributed by atoms with Crippen molar-refractivity contribution in [2.75, 3.05) is 27.1 Å². The second-order valence-corrected chi connectivity index (χ2v) is 6.74. The third kappa shape index (κ3) is 5.94. The van der Waals surface area contributed by atoms with E-state index in [1.807, 2.05) is 25.1 Å². The second-order valence-electron chi connectivity index (χ2n) is 6.74. The van der Waals surface area contributed by atoms with Gasteiger partial charge in [-0.05, 0) is 49.2 Å². The lowest BCUT2D eigenvalue weighted by Gasteiger charge is -2.17. The van der Waals surface area contributed by atoms with E-state index in [-0.39, 0.29) is 32.1 Å². The molecule has 1 aliphatic heterocycles. The number of nitrogens with one attached hydrogen (secondary N) is 2. The zero-order chi connectivity index (χ0) is 22.2. The molecule has 1 aliphatic rings. The van der Waals surface area contributed by atoms with Gasteiger partial charge in [0.25, 0.3) is 0 Å². The number of hydrogen-bond acceptors (Lipinski definition) is 7.